The molecule has 0 aromatic carbocycles. The number of carbonyl (C=O) groups excluding carboxylic acids is 3. The first kappa shape index (κ1) is 43.1. The number of nitrogens with two attached hydrogens (primary N) is 2. The fraction of sp³-hybridized carbons (Fsp3) is 0.711. The number of ether oxygens (including phenoxy) is 5. The Morgan fingerprint density at radius 2 is 1.87 bits per heavy atom. The minimum atomic E-state index is -1.66. The summed E-state index contributed by atoms with van der Waals surface area (Å²) < 4.78 is 29.8. The van der Waals surface area contributed by atoms with Crippen molar-refractivity contribution in [3.8, 4) is 0 Å². The highest BCUT2D eigenvalue weighted by Gasteiger charge is 2.59. The first-order valence-electron chi connectivity index (χ1n) is 18.9. The van der Waals surface area contributed by atoms with Gasteiger partial charge in [0.25, 0.3) is 5.91 Å². The number of rotatable bonds is 20. The van der Waals surface area contributed by atoms with Crippen LogP contribution in [0.1, 0.15) is 90.9 Å². The van der Waals surface area contributed by atoms with Gasteiger partial charge in [-0.2, -0.15) is 0 Å². The number of aliphatic carboxylic acids is 1. The van der Waals surface area contributed by atoms with Crippen LogP contribution in [0.15, 0.2) is 41.4 Å². The number of aliphatic imine (C=N–C) groups is 1. The number of aliphatic hydroxyl groups is 1. The molecule has 9 atom stereocenters. The van der Waals surface area contributed by atoms with Crippen molar-refractivity contribution in [2.75, 3.05) is 20.4 Å². The summed E-state index contributed by atoms with van der Waals surface area (Å²) in [6, 6.07) is -1.04. The molecular formula is C38H59N5O11. The van der Waals surface area contributed by atoms with Crippen LogP contribution in [-0.2, 0) is 42.9 Å². The number of hydrogen-bond donors (Lipinski definition) is 6. The number of ketones is 1. The first-order valence-corrected chi connectivity index (χ1v) is 18.9. The summed E-state index contributed by atoms with van der Waals surface area (Å²) in [6.45, 7) is 8.15. The van der Waals surface area contributed by atoms with Crippen molar-refractivity contribution in [2.45, 2.75) is 139 Å². The van der Waals surface area contributed by atoms with Crippen LogP contribution in [0.25, 0.3) is 0 Å². The SMILES string of the molecule is C=C1C[C@](OC)(C(O)C(=O)NC2OCO[C@@H]3CC4(CC4)C(CC(=O)CCCCC/C=C/C=C/C(=O)NC(CCCN=C(N)N)C(=O)O)O[C@H]23)O[C@H](C)[C@@H]1C. The highest BCUT2D eigenvalue weighted by atomic mass is 16.7. The lowest BCUT2D eigenvalue weighted by molar-refractivity contribution is -0.303. The number of nitrogens with zero attached hydrogens (tertiary/aromatic N) is 1. The zero-order chi connectivity index (χ0) is 39.5. The van der Waals surface area contributed by atoms with Crippen molar-refractivity contribution in [1.82, 2.24) is 10.6 Å². The largest absolute Gasteiger partial charge is 0.480 e. The summed E-state index contributed by atoms with van der Waals surface area (Å²) in [5.74, 6) is -3.88. The van der Waals surface area contributed by atoms with E-state index in [9.17, 15) is 29.4 Å². The van der Waals surface area contributed by atoms with Crippen molar-refractivity contribution in [2.24, 2.45) is 27.8 Å². The Morgan fingerprint density at radius 1 is 1.11 bits per heavy atom. The molecule has 3 heterocycles. The van der Waals surface area contributed by atoms with Gasteiger partial charge in [0.05, 0.1) is 18.3 Å². The van der Waals surface area contributed by atoms with Gasteiger partial charge in [0, 0.05) is 44.9 Å². The number of fused-ring (bicyclic) bond motifs is 1. The topological polar surface area (TPSA) is 243 Å². The molecule has 0 aromatic heterocycles. The normalized spacial score (nSPS) is 30.0. The van der Waals surface area contributed by atoms with E-state index >= 15 is 0 Å². The Hall–Kier alpha value is -3.67. The molecule has 1 aliphatic carbocycles. The third kappa shape index (κ3) is 11.7. The van der Waals surface area contributed by atoms with Gasteiger partial charge in [-0.1, -0.05) is 43.7 Å². The van der Waals surface area contributed by atoms with E-state index < -0.39 is 48.0 Å². The number of hydrogen-bond acceptors (Lipinski definition) is 11. The summed E-state index contributed by atoms with van der Waals surface area (Å²) in [5.41, 5.74) is 11.2. The Balaban J connectivity index is 1.18. The lowest BCUT2D eigenvalue weighted by Crippen LogP contribution is -2.64. The lowest BCUT2D eigenvalue weighted by atomic mass is 9.83. The molecule has 1 saturated carbocycles. The van der Waals surface area contributed by atoms with Gasteiger partial charge >= 0.3 is 5.97 Å². The van der Waals surface area contributed by atoms with E-state index in [4.69, 9.17) is 35.2 Å². The molecule has 4 rings (SSSR count). The van der Waals surface area contributed by atoms with E-state index in [0.29, 0.717) is 19.3 Å². The molecule has 3 saturated heterocycles. The maximum Gasteiger partial charge on any atom is 0.326 e. The van der Waals surface area contributed by atoms with Crippen LogP contribution in [0, 0.1) is 11.3 Å². The Bertz CT molecular complexity index is 1430. The third-order valence-corrected chi connectivity index (χ3v) is 11.0. The van der Waals surface area contributed by atoms with Crippen molar-refractivity contribution < 1.29 is 53.1 Å². The van der Waals surface area contributed by atoms with Gasteiger partial charge in [-0.05, 0) is 63.7 Å². The molecule has 0 aromatic rings. The maximum absolute atomic E-state index is 13.4. The molecule has 0 radical (unpaired) electrons. The van der Waals surface area contributed by atoms with Crippen molar-refractivity contribution in [3.63, 3.8) is 0 Å². The average Bonchev–Trinajstić information content (AvgIpc) is 3.90. The zero-order valence-electron chi connectivity index (χ0n) is 31.7. The Kier molecular flexibility index (Phi) is 15.8. The van der Waals surface area contributed by atoms with Crippen LogP contribution >= 0.6 is 0 Å². The van der Waals surface area contributed by atoms with E-state index in [1.165, 1.54) is 13.2 Å². The molecule has 16 nitrogen and oxygen atoms in total. The highest BCUT2D eigenvalue weighted by molar-refractivity contribution is 5.91. The third-order valence-electron chi connectivity index (χ3n) is 11.0. The number of aliphatic hydroxyl groups excluding tert-OH is 1. The summed E-state index contributed by atoms with van der Waals surface area (Å²) in [7, 11) is 1.39. The first-order chi connectivity index (χ1) is 25.7. The number of amides is 2. The van der Waals surface area contributed by atoms with E-state index in [-0.39, 0.29) is 74.0 Å². The zero-order valence-corrected chi connectivity index (χ0v) is 31.7. The average molecular weight is 762 g/mol. The van der Waals surface area contributed by atoms with Crippen LogP contribution in [-0.4, -0.2) is 109 Å². The van der Waals surface area contributed by atoms with Crippen LogP contribution in [0.3, 0.4) is 0 Å². The van der Waals surface area contributed by atoms with Crippen LogP contribution in [0.4, 0.5) is 0 Å². The number of methoxy groups -OCH3 is 1. The highest BCUT2D eigenvalue weighted by Crippen LogP contribution is 2.58. The summed E-state index contributed by atoms with van der Waals surface area (Å²) in [4.78, 5) is 53.9. The molecule has 0 bridgehead atoms. The van der Waals surface area contributed by atoms with Crippen LogP contribution < -0.4 is 22.1 Å². The second kappa shape index (κ2) is 19.8. The summed E-state index contributed by atoms with van der Waals surface area (Å²) in [5, 5.41) is 25.7. The quantitative estimate of drug-likeness (QED) is 0.0260. The smallest absolute Gasteiger partial charge is 0.326 e. The van der Waals surface area contributed by atoms with Crippen molar-refractivity contribution in [3.05, 3.63) is 36.5 Å². The fourth-order valence-electron chi connectivity index (χ4n) is 7.31. The van der Waals surface area contributed by atoms with Crippen LogP contribution in [0.2, 0.25) is 0 Å². The molecule has 16 heteroatoms. The standard InChI is InChI=1S/C38H59N5O11/c1-23-20-38(50-4,54-25(3)24(23)2)32(46)33(47)43-34-31-28(51-22-52-34)21-37(16-17-37)29(53-31)19-26(44)13-10-8-6-5-7-9-11-15-30(45)42-27(35(48)49)14-12-18-41-36(39)40/h7,9,11,15,24-25,27-29,31-32,34,46H,1,5-6,8,10,12-14,16-22H2,2-4H3,(H,42,45)(H,43,47)(H,48,49)(H4,39,40,41)/b9-7+,15-11+/t24-,25-,27?,28-,29?,31+,32?,34?,38-/m1/s1. The number of nitrogens with one attached hydrogen (secondary N) is 2. The van der Waals surface area contributed by atoms with Gasteiger partial charge in [0.15, 0.2) is 18.3 Å². The minimum absolute atomic E-state index is 0.0382. The van der Waals surface area contributed by atoms with E-state index in [0.717, 1.165) is 44.1 Å². The molecule has 302 valence electrons. The van der Waals surface area contributed by atoms with Gasteiger partial charge < -0.3 is 56.0 Å². The van der Waals surface area contributed by atoms with Crippen LogP contribution in [0.5, 0.6) is 0 Å². The molecular weight excluding hydrogens is 702 g/mol. The van der Waals surface area contributed by atoms with E-state index in [1.807, 2.05) is 19.9 Å². The molecule has 4 unspecified atom stereocenters. The lowest BCUT2D eigenvalue weighted by Gasteiger charge is -2.48. The summed E-state index contributed by atoms with van der Waals surface area (Å²) in [6.07, 6.45) is 9.46. The molecule has 4 aliphatic rings. The minimum Gasteiger partial charge on any atom is -0.480 e. The monoisotopic (exact) mass is 761 g/mol. The van der Waals surface area contributed by atoms with Gasteiger partial charge in [-0.15, -0.1) is 0 Å². The molecule has 1 spiro atoms. The molecule has 3 aliphatic heterocycles. The molecule has 2 amide bonds. The van der Waals surface area contributed by atoms with Gasteiger partial charge in [0.2, 0.25) is 11.7 Å². The Morgan fingerprint density at radius 3 is 2.54 bits per heavy atom. The summed E-state index contributed by atoms with van der Waals surface area (Å²) >= 11 is 0. The van der Waals surface area contributed by atoms with Gasteiger partial charge in [-0.3, -0.25) is 19.4 Å². The molecule has 4 fully saturated rings. The number of carboxylic acid groups (broad SMARTS) is 1. The molecule has 54 heavy (non-hydrogen) atoms. The predicted molar refractivity (Wildman–Crippen MR) is 197 cm³/mol. The number of carboxylic acids is 1. The number of unbranched alkanes of at least 4 members (excludes halogenated alkanes) is 3. The number of guanidine groups is 1. The Labute approximate surface area is 317 Å². The second-order valence-electron chi connectivity index (χ2n) is 14.9. The number of Topliss-reactive ketones (excluding diaryl/α,β-unsaturated/α-hetero) is 1. The van der Waals surface area contributed by atoms with Gasteiger partial charge in [0.1, 0.15) is 24.7 Å². The van der Waals surface area contributed by atoms with Crippen molar-refractivity contribution >= 4 is 29.5 Å². The predicted octanol–water partition coefficient (Wildman–Crippen LogP) is 2.09. The maximum atomic E-state index is 13.4. The van der Waals surface area contributed by atoms with Crippen molar-refractivity contribution in [1.29, 1.82) is 0 Å². The second-order valence-corrected chi connectivity index (χ2v) is 14.9. The van der Waals surface area contributed by atoms with E-state index in [1.54, 1.807) is 12.2 Å². The van der Waals surface area contributed by atoms with E-state index in [2.05, 4.69) is 22.2 Å². The number of allylic oxidation sites excluding steroid dienone is 3. The molecule has 8 N–H and O–H groups in total. The number of carbonyl (C=O) groups is 4. The van der Waals surface area contributed by atoms with Gasteiger partial charge in [-0.25, -0.2) is 4.79 Å². The fourth-order valence-corrected chi connectivity index (χ4v) is 7.31.